The van der Waals surface area contributed by atoms with E-state index in [0.717, 1.165) is 12.2 Å². The van der Waals surface area contributed by atoms with Crippen molar-refractivity contribution in [2.75, 3.05) is 0 Å². The second kappa shape index (κ2) is 4.42. The lowest BCUT2D eigenvalue weighted by molar-refractivity contribution is -0.137. The number of aromatic nitrogens is 3. The molecule has 1 aliphatic carbocycles. The second-order valence-corrected chi connectivity index (χ2v) is 4.12. The van der Waals surface area contributed by atoms with Crippen LogP contribution >= 0.6 is 0 Å². The van der Waals surface area contributed by atoms with Gasteiger partial charge < -0.3 is 9.67 Å². The highest BCUT2D eigenvalue weighted by molar-refractivity contribution is 5.66. The molecule has 0 aromatic carbocycles. The normalized spacial score (nSPS) is 17.1. The Labute approximate surface area is 88.1 Å². The summed E-state index contributed by atoms with van der Waals surface area (Å²) in [6.45, 7) is -0.0327. The zero-order valence-corrected chi connectivity index (χ0v) is 8.59. The van der Waals surface area contributed by atoms with Crippen LogP contribution in [0.2, 0.25) is 0 Å². The predicted octanol–water partition coefficient (Wildman–Crippen LogP) is 1.10. The smallest absolute Gasteiger partial charge is 0.323 e. The van der Waals surface area contributed by atoms with Crippen LogP contribution in [0.1, 0.15) is 31.5 Å². The number of carbonyl (C=O) groups is 1. The molecule has 82 valence electrons. The highest BCUT2D eigenvalue weighted by Crippen LogP contribution is 2.27. The van der Waals surface area contributed by atoms with Gasteiger partial charge in [0.05, 0.1) is 0 Å². The molecule has 0 unspecified atom stereocenters. The number of rotatable bonds is 4. The summed E-state index contributed by atoms with van der Waals surface area (Å²) in [5, 5.41) is 16.4. The molecular weight excluding hydrogens is 194 g/mol. The Morgan fingerprint density at radius 3 is 2.93 bits per heavy atom. The van der Waals surface area contributed by atoms with E-state index in [-0.39, 0.29) is 6.54 Å². The summed E-state index contributed by atoms with van der Waals surface area (Å²) in [6, 6.07) is 0. The Balaban J connectivity index is 2.00. The summed E-state index contributed by atoms with van der Waals surface area (Å²) in [4.78, 5) is 10.6. The van der Waals surface area contributed by atoms with Gasteiger partial charge in [-0.25, -0.2) is 0 Å². The molecule has 1 heterocycles. The van der Waals surface area contributed by atoms with Crippen LogP contribution in [0.4, 0.5) is 0 Å². The van der Waals surface area contributed by atoms with Crippen molar-refractivity contribution < 1.29 is 9.90 Å². The fourth-order valence-corrected chi connectivity index (χ4v) is 2.19. The van der Waals surface area contributed by atoms with E-state index >= 15 is 0 Å². The maximum atomic E-state index is 10.6. The maximum Gasteiger partial charge on any atom is 0.323 e. The van der Waals surface area contributed by atoms with Crippen LogP contribution in [0.25, 0.3) is 0 Å². The second-order valence-electron chi connectivity index (χ2n) is 4.12. The van der Waals surface area contributed by atoms with Gasteiger partial charge in [-0.2, -0.15) is 0 Å². The molecule has 1 aromatic heterocycles. The van der Waals surface area contributed by atoms with Crippen LogP contribution < -0.4 is 0 Å². The van der Waals surface area contributed by atoms with E-state index in [1.165, 1.54) is 32.0 Å². The molecule has 0 amide bonds. The van der Waals surface area contributed by atoms with Gasteiger partial charge in [0, 0.05) is 6.42 Å². The van der Waals surface area contributed by atoms with Gasteiger partial charge in [0.15, 0.2) is 0 Å². The van der Waals surface area contributed by atoms with Crippen molar-refractivity contribution in [1.29, 1.82) is 0 Å². The van der Waals surface area contributed by atoms with Crippen molar-refractivity contribution in [2.45, 2.75) is 38.6 Å². The Morgan fingerprint density at radius 2 is 2.27 bits per heavy atom. The highest BCUT2D eigenvalue weighted by Gasteiger charge is 2.18. The van der Waals surface area contributed by atoms with Crippen molar-refractivity contribution in [3.63, 3.8) is 0 Å². The lowest BCUT2D eigenvalue weighted by Gasteiger charge is -2.08. The first-order valence-corrected chi connectivity index (χ1v) is 5.34. The van der Waals surface area contributed by atoms with E-state index in [1.54, 1.807) is 4.57 Å². The quantitative estimate of drug-likeness (QED) is 0.806. The number of hydrogen-bond donors (Lipinski definition) is 1. The highest BCUT2D eigenvalue weighted by atomic mass is 16.4. The fraction of sp³-hybridized carbons (Fsp3) is 0.700. The van der Waals surface area contributed by atoms with E-state index in [0.29, 0.717) is 5.92 Å². The van der Waals surface area contributed by atoms with Gasteiger partial charge in [-0.05, 0) is 5.92 Å². The fourth-order valence-electron chi connectivity index (χ4n) is 2.19. The molecule has 5 heteroatoms. The van der Waals surface area contributed by atoms with Crippen molar-refractivity contribution in [3.8, 4) is 0 Å². The lowest BCUT2D eigenvalue weighted by atomic mass is 10.0. The molecule has 0 atom stereocenters. The average Bonchev–Trinajstić information content (AvgIpc) is 2.78. The Kier molecular flexibility index (Phi) is 2.99. The summed E-state index contributed by atoms with van der Waals surface area (Å²) in [7, 11) is 0. The zero-order valence-electron chi connectivity index (χ0n) is 8.59. The third-order valence-corrected chi connectivity index (χ3v) is 2.95. The first kappa shape index (κ1) is 10.1. The molecule has 0 saturated heterocycles. The van der Waals surface area contributed by atoms with Gasteiger partial charge in [0.2, 0.25) is 0 Å². The molecule has 2 rings (SSSR count). The van der Waals surface area contributed by atoms with Crippen molar-refractivity contribution >= 4 is 5.97 Å². The lowest BCUT2D eigenvalue weighted by Crippen LogP contribution is -2.13. The molecule has 0 aliphatic heterocycles. The van der Waals surface area contributed by atoms with Crippen LogP contribution in [0.3, 0.4) is 0 Å². The largest absolute Gasteiger partial charge is 0.480 e. The molecule has 0 spiro atoms. The minimum Gasteiger partial charge on any atom is -0.480 e. The molecule has 1 aromatic rings. The Morgan fingerprint density at radius 1 is 1.53 bits per heavy atom. The van der Waals surface area contributed by atoms with Crippen LogP contribution in [0.5, 0.6) is 0 Å². The molecule has 15 heavy (non-hydrogen) atoms. The van der Waals surface area contributed by atoms with Crippen molar-refractivity contribution in [1.82, 2.24) is 14.8 Å². The first-order valence-electron chi connectivity index (χ1n) is 5.34. The molecule has 1 N–H and O–H groups in total. The van der Waals surface area contributed by atoms with Gasteiger partial charge in [0.25, 0.3) is 0 Å². The number of hydrogen-bond acceptors (Lipinski definition) is 3. The summed E-state index contributed by atoms with van der Waals surface area (Å²) >= 11 is 0. The van der Waals surface area contributed by atoms with E-state index in [9.17, 15) is 4.79 Å². The molecule has 0 radical (unpaired) electrons. The molecule has 1 fully saturated rings. The topological polar surface area (TPSA) is 68.0 Å². The third-order valence-electron chi connectivity index (χ3n) is 2.95. The van der Waals surface area contributed by atoms with Crippen LogP contribution in [0, 0.1) is 5.92 Å². The van der Waals surface area contributed by atoms with Crippen molar-refractivity contribution in [2.24, 2.45) is 5.92 Å². The van der Waals surface area contributed by atoms with Gasteiger partial charge in [-0.3, -0.25) is 4.79 Å². The van der Waals surface area contributed by atoms with Gasteiger partial charge >= 0.3 is 5.97 Å². The molecule has 1 aliphatic rings. The standard InChI is InChI=1S/C10H15N3O2/c14-10(15)6-13-7-11-12-9(13)5-8-3-1-2-4-8/h7-8H,1-6H2,(H,14,15). The van der Waals surface area contributed by atoms with E-state index in [1.807, 2.05) is 0 Å². The number of carboxylic acid groups (broad SMARTS) is 1. The molecule has 0 bridgehead atoms. The van der Waals surface area contributed by atoms with Gasteiger partial charge in [-0.15, -0.1) is 10.2 Å². The monoisotopic (exact) mass is 209 g/mol. The van der Waals surface area contributed by atoms with Crippen LogP contribution in [-0.4, -0.2) is 25.8 Å². The predicted molar refractivity (Wildman–Crippen MR) is 53.3 cm³/mol. The van der Waals surface area contributed by atoms with E-state index in [2.05, 4.69) is 10.2 Å². The maximum absolute atomic E-state index is 10.6. The first-order chi connectivity index (χ1) is 7.25. The molecule has 5 nitrogen and oxygen atoms in total. The number of aliphatic carboxylic acids is 1. The molecular formula is C10H15N3O2. The Hall–Kier alpha value is -1.39. The Bertz CT molecular complexity index is 342. The third kappa shape index (κ3) is 2.55. The number of nitrogens with zero attached hydrogens (tertiary/aromatic N) is 3. The van der Waals surface area contributed by atoms with Gasteiger partial charge in [-0.1, -0.05) is 25.7 Å². The number of carboxylic acids is 1. The summed E-state index contributed by atoms with van der Waals surface area (Å²) in [6.07, 6.45) is 7.42. The van der Waals surface area contributed by atoms with Crippen LogP contribution in [-0.2, 0) is 17.8 Å². The summed E-state index contributed by atoms with van der Waals surface area (Å²) < 4.78 is 1.63. The van der Waals surface area contributed by atoms with Crippen molar-refractivity contribution in [3.05, 3.63) is 12.2 Å². The molecule has 1 saturated carbocycles. The van der Waals surface area contributed by atoms with E-state index < -0.39 is 5.97 Å². The summed E-state index contributed by atoms with van der Waals surface area (Å²) in [5.41, 5.74) is 0. The summed E-state index contributed by atoms with van der Waals surface area (Å²) in [5.74, 6) is 0.633. The van der Waals surface area contributed by atoms with Crippen LogP contribution in [0.15, 0.2) is 6.33 Å². The minimum absolute atomic E-state index is 0.0327. The van der Waals surface area contributed by atoms with E-state index in [4.69, 9.17) is 5.11 Å². The SMILES string of the molecule is O=C(O)Cn1cnnc1CC1CCCC1. The average molecular weight is 209 g/mol. The van der Waals surface area contributed by atoms with Gasteiger partial charge in [0.1, 0.15) is 18.7 Å². The zero-order chi connectivity index (χ0) is 10.7. The minimum atomic E-state index is -0.845.